The first kappa shape index (κ1) is 18.1. The Bertz CT molecular complexity index is 840. The Morgan fingerprint density at radius 1 is 0.692 bits per heavy atom. The first-order chi connectivity index (χ1) is 12.5. The van der Waals surface area contributed by atoms with Crippen LogP contribution in [0.15, 0.2) is 79.3 Å². The van der Waals surface area contributed by atoms with E-state index in [1.54, 1.807) is 0 Å². The maximum Gasteiger partial charge on any atom is 0.299 e. The lowest BCUT2D eigenvalue weighted by Gasteiger charge is -2.06. The van der Waals surface area contributed by atoms with Gasteiger partial charge in [0.2, 0.25) is 10.3 Å². The summed E-state index contributed by atoms with van der Waals surface area (Å²) < 4.78 is 0. The number of azo groups is 2. The fourth-order valence-electron chi connectivity index (χ4n) is 1.79. The molecule has 0 fully saturated rings. The van der Waals surface area contributed by atoms with Gasteiger partial charge in [0.15, 0.2) is 0 Å². The van der Waals surface area contributed by atoms with Gasteiger partial charge < -0.3 is 0 Å². The largest absolute Gasteiger partial charge is 0.299 e. The summed E-state index contributed by atoms with van der Waals surface area (Å²) in [6.45, 7) is 6.89. The zero-order valence-electron chi connectivity index (χ0n) is 13.5. The summed E-state index contributed by atoms with van der Waals surface area (Å²) in [6.07, 6.45) is 0. The molecule has 3 rings (SSSR count). The number of amidine groups is 2. The van der Waals surface area contributed by atoms with Gasteiger partial charge in [-0.15, -0.1) is 20.5 Å². The minimum atomic E-state index is -0.459. The van der Waals surface area contributed by atoms with Crippen LogP contribution in [0.1, 0.15) is 11.1 Å². The fourth-order valence-corrected chi connectivity index (χ4v) is 3.26. The van der Waals surface area contributed by atoms with Crippen molar-refractivity contribution in [3.63, 3.8) is 0 Å². The van der Waals surface area contributed by atoms with Crippen molar-refractivity contribution in [3.05, 3.63) is 59.9 Å². The van der Waals surface area contributed by atoms with Crippen molar-refractivity contribution in [3.8, 4) is 0 Å². The van der Waals surface area contributed by atoms with Crippen molar-refractivity contribution >= 4 is 45.7 Å². The lowest BCUT2D eigenvalue weighted by Crippen LogP contribution is -2.04. The van der Waals surface area contributed by atoms with Crippen LogP contribution in [0.5, 0.6) is 0 Å². The summed E-state index contributed by atoms with van der Waals surface area (Å²) in [5.41, 5.74) is 2.20. The topological polar surface area (TPSA) is 108 Å². The molecule has 0 saturated heterocycles. The molecule has 0 spiro atoms. The highest BCUT2D eigenvalue weighted by Crippen LogP contribution is 2.22. The lowest BCUT2D eigenvalue weighted by atomic mass is 10.2. The van der Waals surface area contributed by atoms with E-state index in [1.165, 1.54) is 23.5 Å². The molecule has 0 saturated carbocycles. The van der Waals surface area contributed by atoms with E-state index in [-0.39, 0.29) is 11.4 Å². The molecule has 8 nitrogen and oxygen atoms in total. The minimum Gasteiger partial charge on any atom is -0.265 e. The van der Waals surface area contributed by atoms with Gasteiger partial charge in [-0.05, 0) is 11.1 Å². The average Bonchev–Trinajstić information content (AvgIpc) is 2.64. The molecule has 0 radical (unpaired) electrons. The number of nitrogens with zero attached hydrogens (tertiary/aromatic N) is 6. The molecule has 130 valence electrons. The number of amides is 2. The van der Waals surface area contributed by atoms with Crippen LogP contribution in [0.2, 0.25) is 0 Å². The molecule has 2 aliphatic rings. The predicted molar refractivity (Wildman–Crippen MR) is 102 cm³/mol. The first-order valence-electron chi connectivity index (χ1n) is 7.32. The molecule has 2 aliphatic heterocycles. The van der Waals surface area contributed by atoms with Crippen LogP contribution in [0, 0.1) is 0 Å². The van der Waals surface area contributed by atoms with Gasteiger partial charge in [-0.25, -0.2) is 0 Å². The van der Waals surface area contributed by atoms with Gasteiger partial charge in [-0.3, -0.25) is 9.59 Å². The van der Waals surface area contributed by atoms with E-state index in [4.69, 9.17) is 0 Å². The summed E-state index contributed by atoms with van der Waals surface area (Å²) in [6, 6.07) is 7.89. The Kier molecular flexibility index (Phi) is 5.64. The maximum absolute atomic E-state index is 11.4. The van der Waals surface area contributed by atoms with Gasteiger partial charge in [0, 0.05) is 11.5 Å². The second kappa shape index (κ2) is 8.11. The minimum absolute atomic E-state index is 0.0457. The molecule has 2 heterocycles. The summed E-state index contributed by atoms with van der Waals surface area (Å²) >= 11 is 2.66. The normalized spacial score (nSPS) is 16.8. The van der Waals surface area contributed by atoms with E-state index >= 15 is 0 Å². The summed E-state index contributed by atoms with van der Waals surface area (Å²) in [7, 11) is 0. The van der Waals surface area contributed by atoms with Crippen molar-refractivity contribution in [2.45, 2.75) is 11.5 Å². The van der Waals surface area contributed by atoms with Gasteiger partial charge in [0.25, 0.3) is 11.8 Å². The van der Waals surface area contributed by atoms with Gasteiger partial charge in [-0.2, -0.15) is 9.98 Å². The molecule has 1 aromatic carbocycles. The van der Waals surface area contributed by atoms with Gasteiger partial charge in [-0.1, -0.05) is 60.9 Å². The number of hydrogen-bond donors (Lipinski definition) is 0. The summed E-state index contributed by atoms with van der Waals surface area (Å²) in [5.74, 6) is 0.310. The van der Waals surface area contributed by atoms with E-state index in [0.717, 1.165) is 11.1 Å². The maximum atomic E-state index is 11.4. The van der Waals surface area contributed by atoms with Crippen LogP contribution in [0.3, 0.4) is 0 Å². The van der Waals surface area contributed by atoms with Crippen LogP contribution >= 0.6 is 23.5 Å². The lowest BCUT2D eigenvalue weighted by molar-refractivity contribution is -0.115. The third kappa shape index (κ3) is 4.67. The van der Waals surface area contributed by atoms with Crippen molar-refractivity contribution in [2.24, 2.45) is 30.4 Å². The Morgan fingerprint density at radius 3 is 1.42 bits per heavy atom. The molecular formula is C16H12N6O2S2. The van der Waals surface area contributed by atoms with E-state index in [1.807, 2.05) is 24.3 Å². The SMILES string of the molecule is C=C1N=NC(SCc2ccc(CSC3=NC(=O)C(=C)N=N3)cc2)=NC1=O. The van der Waals surface area contributed by atoms with Gasteiger partial charge in [0.05, 0.1) is 0 Å². The van der Waals surface area contributed by atoms with Crippen molar-refractivity contribution in [1.29, 1.82) is 0 Å². The van der Waals surface area contributed by atoms with Crippen LogP contribution in [-0.4, -0.2) is 22.1 Å². The second-order valence-corrected chi connectivity index (χ2v) is 6.97. The molecule has 2 amide bonds. The smallest absolute Gasteiger partial charge is 0.265 e. The number of carbonyl (C=O) groups is 2. The van der Waals surface area contributed by atoms with Crippen LogP contribution in [0.25, 0.3) is 0 Å². The molecule has 0 atom stereocenters. The Hall–Kier alpha value is -2.72. The monoisotopic (exact) mass is 384 g/mol. The molecule has 0 bridgehead atoms. The van der Waals surface area contributed by atoms with E-state index in [0.29, 0.717) is 21.8 Å². The fraction of sp³-hybridized carbons (Fsp3) is 0.125. The first-order valence-corrected chi connectivity index (χ1v) is 9.29. The number of hydrogen-bond acceptors (Lipinski definition) is 8. The second-order valence-electron chi connectivity index (χ2n) is 5.09. The van der Waals surface area contributed by atoms with Crippen LogP contribution in [-0.2, 0) is 21.1 Å². The average molecular weight is 384 g/mol. The molecule has 0 aromatic heterocycles. The third-order valence-electron chi connectivity index (χ3n) is 3.16. The van der Waals surface area contributed by atoms with Crippen LogP contribution in [0.4, 0.5) is 0 Å². The highest BCUT2D eigenvalue weighted by Gasteiger charge is 2.14. The number of benzene rings is 1. The molecule has 0 N–H and O–H groups in total. The highest BCUT2D eigenvalue weighted by atomic mass is 32.2. The van der Waals surface area contributed by atoms with Crippen molar-refractivity contribution in [1.82, 2.24) is 0 Å². The van der Waals surface area contributed by atoms with E-state index in [9.17, 15) is 9.59 Å². The molecule has 26 heavy (non-hydrogen) atoms. The van der Waals surface area contributed by atoms with Gasteiger partial charge >= 0.3 is 0 Å². The Labute approximate surface area is 157 Å². The Balaban J connectivity index is 1.51. The van der Waals surface area contributed by atoms with Gasteiger partial charge in [0.1, 0.15) is 11.4 Å². The highest BCUT2D eigenvalue weighted by molar-refractivity contribution is 8.13. The summed E-state index contributed by atoms with van der Waals surface area (Å²) in [5, 5.41) is 15.7. The molecular weight excluding hydrogens is 372 g/mol. The standard InChI is InChI=1S/C16H12N6O2S2/c1-9-13(23)17-15(21-19-9)25-7-11-3-5-12(6-4-11)8-26-16-18-14(24)10(2)20-22-16/h3-6H,1-2,7-8H2. The number of carbonyl (C=O) groups excluding carboxylic acids is 2. The zero-order chi connectivity index (χ0) is 18.5. The third-order valence-corrected chi connectivity index (χ3v) is 4.98. The number of aliphatic imine (C=N–C) groups is 2. The van der Waals surface area contributed by atoms with E-state index < -0.39 is 11.8 Å². The quantitative estimate of drug-likeness (QED) is 0.734. The van der Waals surface area contributed by atoms with E-state index in [2.05, 4.69) is 43.6 Å². The Morgan fingerprint density at radius 2 is 1.08 bits per heavy atom. The molecule has 0 aliphatic carbocycles. The predicted octanol–water partition coefficient (Wildman–Crippen LogP) is 3.88. The molecule has 0 unspecified atom stereocenters. The summed E-state index contributed by atoms with van der Waals surface area (Å²) in [4.78, 5) is 30.4. The molecule has 10 heteroatoms. The zero-order valence-corrected chi connectivity index (χ0v) is 15.1. The van der Waals surface area contributed by atoms with Crippen molar-refractivity contribution in [2.75, 3.05) is 0 Å². The van der Waals surface area contributed by atoms with Crippen molar-refractivity contribution < 1.29 is 9.59 Å². The number of thioether (sulfide) groups is 2. The molecule has 1 aromatic rings. The van der Waals surface area contributed by atoms with Crippen LogP contribution < -0.4 is 0 Å². The number of rotatable bonds is 4.